The molecule has 2 heterocycles. The highest BCUT2D eigenvalue weighted by Gasteiger charge is 2.17. The van der Waals surface area contributed by atoms with E-state index in [4.69, 9.17) is 8.94 Å². The third kappa shape index (κ3) is 3.12. The van der Waals surface area contributed by atoms with E-state index in [-0.39, 0.29) is 5.91 Å². The fraction of sp³-hybridized carbons (Fsp3) is 0.0500. The van der Waals surface area contributed by atoms with Crippen molar-refractivity contribution >= 4 is 11.6 Å². The number of benzene rings is 2. The summed E-state index contributed by atoms with van der Waals surface area (Å²) in [6, 6.07) is 18.2. The number of para-hydroxylation sites is 1. The van der Waals surface area contributed by atoms with Crippen LogP contribution in [0.3, 0.4) is 0 Å². The molecule has 4 rings (SSSR count). The quantitative estimate of drug-likeness (QED) is 0.586. The van der Waals surface area contributed by atoms with Crippen LogP contribution in [0.15, 0.2) is 75.9 Å². The molecule has 0 atom stereocenters. The summed E-state index contributed by atoms with van der Waals surface area (Å²) >= 11 is 0. The minimum absolute atomic E-state index is 0.202. The van der Waals surface area contributed by atoms with E-state index in [0.717, 1.165) is 5.56 Å². The van der Waals surface area contributed by atoms with Gasteiger partial charge in [-0.05, 0) is 43.3 Å². The molecule has 26 heavy (non-hydrogen) atoms. The molecule has 128 valence electrons. The van der Waals surface area contributed by atoms with Gasteiger partial charge in [-0.15, -0.1) is 0 Å². The molecule has 0 aliphatic carbocycles. The zero-order chi connectivity index (χ0) is 17.9. The van der Waals surface area contributed by atoms with Crippen molar-refractivity contribution in [2.24, 2.45) is 0 Å². The molecule has 2 aromatic carbocycles. The number of hydrogen-bond donors (Lipinski definition) is 1. The molecule has 0 radical (unpaired) electrons. The van der Waals surface area contributed by atoms with Crippen molar-refractivity contribution in [1.29, 1.82) is 0 Å². The van der Waals surface area contributed by atoms with E-state index in [1.54, 1.807) is 30.5 Å². The van der Waals surface area contributed by atoms with E-state index >= 15 is 0 Å². The monoisotopic (exact) mass is 345 g/mol. The third-order valence-corrected chi connectivity index (χ3v) is 3.85. The van der Waals surface area contributed by atoms with Gasteiger partial charge in [0.05, 0.1) is 17.5 Å². The van der Waals surface area contributed by atoms with Crippen LogP contribution < -0.4 is 5.32 Å². The number of aromatic nitrogens is 2. The Hall–Kier alpha value is -3.67. The minimum Gasteiger partial charge on any atom is -0.461 e. The Balaban J connectivity index is 1.64. The summed E-state index contributed by atoms with van der Waals surface area (Å²) in [5, 5.41) is 6.84. The van der Waals surface area contributed by atoms with Crippen molar-refractivity contribution in [3.8, 4) is 23.0 Å². The van der Waals surface area contributed by atoms with Crippen molar-refractivity contribution in [3.63, 3.8) is 0 Å². The summed E-state index contributed by atoms with van der Waals surface area (Å²) in [6.07, 6.45) is 1.54. The normalized spacial score (nSPS) is 10.7. The largest absolute Gasteiger partial charge is 0.461 e. The first-order valence-electron chi connectivity index (χ1n) is 8.06. The molecule has 0 unspecified atom stereocenters. The van der Waals surface area contributed by atoms with Crippen molar-refractivity contribution in [3.05, 3.63) is 78.1 Å². The van der Waals surface area contributed by atoms with Gasteiger partial charge in [0.15, 0.2) is 5.76 Å². The molecule has 0 bridgehead atoms. The SMILES string of the molecule is Cc1cccc(C(=O)Nc2ccccc2-c2nc(-c3ccco3)no2)c1. The topological polar surface area (TPSA) is 81.2 Å². The van der Waals surface area contributed by atoms with Crippen LogP contribution >= 0.6 is 0 Å². The second-order valence-corrected chi connectivity index (χ2v) is 5.77. The summed E-state index contributed by atoms with van der Waals surface area (Å²) < 4.78 is 10.6. The van der Waals surface area contributed by atoms with Gasteiger partial charge in [0, 0.05) is 5.56 Å². The maximum atomic E-state index is 12.5. The zero-order valence-electron chi connectivity index (χ0n) is 14.0. The molecule has 0 saturated heterocycles. The molecular formula is C20H15N3O3. The number of hydrogen-bond acceptors (Lipinski definition) is 5. The molecule has 0 aliphatic rings. The van der Waals surface area contributed by atoms with Crippen molar-refractivity contribution in [1.82, 2.24) is 10.1 Å². The van der Waals surface area contributed by atoms with Crippen molar-refractivity contribution in [2.45, 2.75) is 6.92 Å². The molecule has 4 aromatic rings. The Bertz CT molecular complexity index is 1050. The van der Waals surface area contributed by atoms with Gasteiger partial charge in [-0.2, -0.15) is 4.98 Å². The lowest BCUT2D eigenvalue weighted by atomic mass is 10.1. The molecule has 0 fully saturated rings. The molecule has 1 N–H and O–H groups in total. The standard InChI is InChI=1S/C20H15N3O3/c1-13-6-4-7-14(12-13)19(24)21-16-9-3-2-8-15(16)20-22-18(23-26-20)17-10-5-11-25-17/h2-12H,1H3,(H,21,24). The highest BCUT2D eigenvalue weighted by Crippen LogP contribution is 2.29. The number of nitrogens with one attached hydrogen (secondary N) is 1. The first-order valence-corrected chi connectivity index (χ1v) is 8.06. The molecule has 6 nitrogen and oxygen atoms in total. The predicted molar refractivity (Wildman–Crippen MR) is 96.6 cm³/mol. The van der Waals surface area contributed by atoms with E-state index in [1.165, 1.54) is 0 Å². The Morgan fingerprint density at radius 2 is 1.92 bits per heavy atom. The summed E-state index contributed by atoms with van der Waals surface area (Å²) in [5.74, 6) is 0.967. The fourth-order valence-corrected chi connectivity index (χ4v) is 2.60. The van der Waals surface area contributed by atoms with Gasteiger partial charge in [0.25, 0.3) is 11.8 Å². The van der Waals surface area contributed by atoms with Gasteiger partial charge in [0.1, 0.15) is 0 Å². The van der Waals surface area contributed by atoms with E-state index in [0.29, 0.717) is 34.3 Å². The van der Waals surface area contributed by atoms with Gasteiger partial charge in [-0.25, -0.2) is 0 Å². The number of rotatable bonds is 4. The third-order valence-electron chi connectivity index (χ3n) is 3.85. The van der Waals surface area contributed by atoms with Crippen LogP contribution in [0, 0.1) is 6.92 Å². The lowest BCUT2D eigenvalue weighted by Gasteiger charge is -2.09. The van der Waals surface area contributed by atoms with Gasteiger partial charge >= 0.3 is 0 Å². The second-order valence-electron chi connectivity index (χ2n) is 5.77. The Kier molecular flexibility index (Phi) is 4.07. The van der Waals surface area contributed by atoms with Gasteiger partial charge in [-0.3, -0.25) is 4.79 Å². The first kappa shape index (κ1) is 15.8. The average molecular weight is 345 g/mol. The summed E-state index contributed by atoms with van der Waals surface area (Å²) in [5.41, 5.74) is 2.83. The summed E-state index contributed by atoms with van der Waals surface area (Å²) in [4.78, 5) is 16.9. The van der Waals surface area contributed by atoms with E-state index in [9.17, 15) is 4.79 Å². The van der Waals surface area contributed by atoms with Gasteiger partial charge < -0.3 is 14.3 Å². The Labute approximate surface area is 149 Å². The molecule has 0 spiro atoms. The minimum atomic E-state index is -0.202. The maximum absolute atomic E-state index is 12.5. The van der Waals surface area contributed by atoms with E-state index < -0.39 is 0 Å². The Morgan fingerprint density at radius 1 is 1.04 bits per heavy atom. The Morgan fingerprint density at radius 3 is 2.73 bits per heavy atom. The maximum Gasteiger partial charge on any atom is 0.260 e. The highest BCUT2D eigenvalue weighted by molar-refractivity contribution is 6.06. The molecular weight excluding hydrogens is 330 g/mol. The zero-order valence-corrected chi connectivity index (χ0v) is 14.0. The van der Waals surface area contributed by atoms with Crippen molar-refractivity contribution in [2.75, 3.05) is 5.32 Å². The van der Waals surface area contributed by atoms with Gasteiger partial charge in [0.2, 0.25) is 5.82 Å². The van der Waals surface area contributed by atoms with E-state index in [2.05, 4.69) is 15.5 Å². The van der Waals surface area contributed by atoms with Crippen molar-refractivity contribution < 1.29 is 13.7 Å². The second kappa shape index (κ2) is 6.68. The predicted octanol–water partition coefficient (Wildman–Crippen LogP) is 4.56. The fourth-order valence-electron chi connectivity index (χ4n) is 2.60. The number of carbonyl (C=O) groups is 1. The smallest absolute Gasteiger partial charge is 0.260 e. The number of carbonyl (C=O) groups excluding carboxylic acids is 1. The van der Waals surface area contributed by atoms with Crippen LogP contribution in [-0.2, 0) is 0 Å². The average Bonchev–Trinajstić information content (AvgIpc) is 3.34. The van der Waals surface area contributed by atoms with Crippen LogP contribution in [0.25, 0.3) is 23.0 Å². The summed E-state index contributed by atoms with van der Waals surface area (Å²) in [7, 11) is 0. The number of amides is 1. The van der Waals surface area contributed by atoms with E-state index in [1.807, 2.05) is 43.3 Å². The molecule has 1 amide bonds. The van der Waals surface area contributed by atoms with Crippen LogP contribution in [0.5, 0.6) is 0 Å². The lowest BCUT2D eigenvalue weighted by molar-refractivity contribution is 0.102. The number of furan rings is 1. The van der Waals surface area contributed by atoms with Crippen LogP contribution in [0.4, 0.5) is 5.69 Å². The molecule has 0 saturated carbocycles. The highest BCUT2D eigenvalue weighted by atomic mass is 16.5. The first-order chi connectivity index (χ1) is 12.7. The van der Waals surface area contributed by atoms with Crippen LogP contribution in [-0.4, -0.2) is 16.0 Å². The summed E-state index contributed by atoms with van der Waals surface area (Å²) in [6.45, 7) is 1.94. The number of nitrogens with zero attached hydrogens (tertiary/aromatic N) is 2. The number of aryl methyl sites for hydroxylation is 1. The molecule has 6 heteroatoms. The number of anilines is 1. The molecule has 2 aromatic heterocycles. The lowest BCUT2D eigenvalue weighted by Crippen LogP contribution is -2.12. The van der Waals surface area contributed by atoms with Crippen LogP contribution in [0.1, 0.15) is 15.9 Å². The van der Waals surface area contributed by atoms with Crippen LogP contribution in [0.2, 0.25) is 0 Å². The van der Waals surface area contributed by atoms with Gasteiger partial charge in [-0.1, -0.05) is 35.0 Å². The molecule has 0 aliphatic heterocycles.